The first kappa shape index (κ1) is 22.0. The summed E-state index contributed by atoms with van der Waals surface area (Å²) in [6.07, 6.45) is 1.02. The van der Waals surface area contributed by atoms with Crippen LogP contribution >= 0.6 is 0 Å². The molecule has 7 heteroatoms. The summed E-state index contributed by atoms with van der Waals surface area (Å²) < 4.78 is 38.7. The quantitative estimate of drug-likeness (QED) is 0.505. The minimum Gasteiger partial charge on any atom is -0.493 e. The average molecular weight is 418 g/mol. The van der Waals surface area contributed by atoms with Gasteiger partial charge in [-0.05, 0) is 50.1 Å². The molecule has 30 heavy (non-hydrogen) atoms. The van der Waals surface area contributed by atoms with Crippen LogP contribution in [-0.2, 0) is 17.8 Å². The van der Waals surface area contributed by atoms with Gasteiger partial charge in [-0.1, -0.05) is 12.1 Å². The molecule has 0 bridgehead atoms. The lowest BCUT2D eigenvalue weighted by molar-refractivity contribution is 0.166. The number of halogens is 2. The Morgan fingerprint density at radius 1 is 1.17 bits per heavy atom. The summed E-state index contributed by atoms with van der Waals surface area (Å²) in [5.41, 5.74) is 2.34. The van der Waals surface area contributed by atoms with E-state index in [4.69, 9.17) is 9.47 Å². The van der Waals surface area contributed by atoms with Crippen molar-refractivity contribution in [3.05, 3.63) is 64.7 Å². The van der Waals surface area contributed by atoms with Crippen molar-refractivity contribution in [1.29, 1.82) is 0 Å². The Bertz CT molecular complexity index is 868. The standard InChI is InChI=1S/C23H29F2N3O2/c1-3-26-23(28-13-19-11-20(24)6-7-21(19)25)27-12-18-5-4-16(2)10-22(18)30-15-17-8-9-29-14-17/h4-7,10-11,17H,3,8-9,12-15H2,1-2H3,(H2,26,27,28). The average Bonchev–Trinajstić information content (AvgIpc) is 3.25. The smallest absolute Gasteiger partial charge is 0.191 e. The molecule has 1 unspecified atom stereocenters. The van der Waals surface area contributed by atoms with E-state index in [-0.39, 0.29) is 12.1 Å². The first-order valence-electron chi connectivity index (χ1n) is 10.3. The van der Waals surface area contributed by atoms with Gasteiger partial charge in [0, 0.05) is 36.7 Å². The van der Waals surface area contributed by atoms with Crippen molar-refractivity contribution in [3.63, 3.8) is 0 Å². The molecule has 0 spiro atoms. The fourth-order valence-corrected chi connectivity index (χ4v) is 3.21. The van der Waals surface area contributed by atoms with Gasteiger partial charge in [0.15, 0.2) is 5.96 Å². The molecule has 1 saturated heterocycles. The van der Waals surface area contributed by atoms with E-state index in [9.17, 15) is 8.78 Å². The maximum Gasteiger partial charge on any atom is 0.191 e. The second kappa shape index (κ2) is 10.9. The van der Waals surface area contributed by atoms with Crippen molar-refractivity contribution in [3.8, 4) is 5.75 Å². The molecular weight excluding hydrogens is 388 g/mol. The molecule has 0 saturated carbocycles. The highest BCUT2D eigenvalue weighted by atomic mass is 19.1. The Morgan fingerprint density at radius 2 is 2.03 bits per heavy atom. The first-order chi connectivity index (χ1) is 14.5. The summed E-state index contributed by atoms with van der Waals surface area (Å²) >= 11 is 0. The number of nitrogens with zero attached hydrogens (tertiary/aromatic N) is 1. The topological polar surface area (TPSA) is 54.9 Å². The maximum absolute atomic E-state index is 13.9. The van der Waals surface area contributed by atoms with Gasteiger partial charge in [-0.3, -0.25) is 0 Å². The normalized spacial score (nSPS) is 16.5. The fraction of sp³-hybridized carbons (Fsp3) is 0.435. The molecule has 1 aliphatic rings. The van der Waals surface area contributed by atoms with E-state index < -0.39 is 11.6 Å². The Balaban J connectivity index is 1.65. The van der Waals surface area contributed by atoms with Gasteiger partial charge in [-0.25, -0.2) is 13.8 Å². The van der Waals surface area contributed by atoms with Crippen molar-refractivity contribution in [2.45, 2.75) is 33.4 Å². The molecule has 2 aromatic carbocycles. The third-order valence-corrected chi connectivity index (χ3v) is 4.93. The zero-order chi connectivity index (χ0) is 21.3. The SMILES string of the molecule is CCNC(=NCc1cc(F)ccc1F)NCc1ccc(C)cc1OCC1CCOC1. The van der Waals surface area contributed by atoms with Gasteiger partial charge in [0.1, 0.15) is 17.4 Å². The molecule has 2 N–H and O–H groups in total. The monoisotopic (exact) mass is 417 g/mol. The summed E-state index contributed by atoms with van der Waals surface area (Å²) in [7, 11) is 0. The minimum absolute atomic E-state index is 0.0395. The summed E-state index contributed by atoms with van der Waals surface area (Å²) in [5.74, 6) is 0.833. The van der Waals surface area contributed by atoms with E-state index in [0.29, 0.717) is 31.6 Å². The number of aliphatic imine (C=N–C) groups is 1. The van der Waals surface area contributed by atoms with Gasteiger partial charge in [-0.15, -0.1) is 0 Å². The van der Waals surface area contributed by atoms with Gasteiger partial charge in [0.25, 0.3) is 0 Å². The summed E-state index contributed by atoms with van der Waals surface area (Å²) in [4.78, 5) is 4.39. The lowest BCUT2D eigenvalue weighted by Gasteiger charge is -2.17. The van der Waals surface area contributed by atoms with Gasteiger partial charge in [-0.2, -0.15) is 0 Å². The number of hydrogen-bond donors (Lipinski definition) is 2. The van der Waals surface area contributed by atoms with E-state index in [1.807, 2.05) is 32.0 Å². The van der Waals surface area contributed by atoms with Crippen LogP contribution in [0.25, 0.3) is 0 Å². The molecule has 1 aliphatic heterocycles. The molecule has 0 aromatic heterocycles. The third kappa shape index (κ3) is 6.42. The highest BCUT2D eigenvalue weighted by Gasteiger charge is 2.17. The number of nitrogens with one attached hydrogen (secondary N) is 2. The Kier molecular flexibility index (Phi) is 8.02. The van der Waals surface area contributed by atoms with Crippen LogP contribution in [0.1, 0.15) is 30.0 Å². The van der Waals surface area contributed by atoms with Crippen LogP contribution in [-0.4, -0.2) is 32.3 Å². The second-order valence-corrected chi connectivity index (χ2v) is 7.44. The van der Waals surface area contributed by atoms with E-state index in [1.165, 1.54) is 6.07 Å². The van der Waals surface area contributed by atoms with Crippen LogP contribution < -0.4 is 15.4 Å². The van der Waals surface area contributed by atoms with E-state index in [0.717, 1.165) is 48.6 Å². The molecule has 0 aliphatic carbocycles. The number of aryl methyl sites for hydroxylation is 1. The number of rotatable bonds is 8. The molecule has 5 nitrogen and oxygen atoms in total. The lowest BCUT2D eigenvalue weighted by atomic mass is 10.1. The van der Waals surface area contributed by atoms with Gasteiger partial charge in [0.2, 0.25) is 0 Å². The second-order valence-electron chi connectivity index (χ2n) is 7.44. The Morgan fingerprint density at radius 3 is 2.80 bits per heavy atom. The molecule has 0 radical (unpaired) electrons. The van der Waals surface area contributed by atoms with Crippen molar-refractivity contribution >= 4 is 5.96 Å². The van der Waals surface area contributed by atoms with Crippen molar-refractivity contribution < 1.29 is 18.3 Å². The van der Waals surface area contributed by atoms with Crippen LogP contribution in [0.5, 0.6) is 5.75 Å². The third-order valence-electron chi connectivity index (χ3n) is 4.93. The minimum atomic E-state index is -0.478. The highest BCUT2D eigenvalue weighted by molar-refractivity contribution is 5.79. The van der Waals surface area contributed by atoms with E-state index in [1.54, 1.807) is 0 Å². The zero-order valence-electron chi connectivity index (χ0n) is 17.5. The van der Waals surface area contributed by atoms with Crippen LogP contribution in [0.3, 0.4) is 0 Å². The predicted molar refractivity (Wildman–Crippen MR) is 114 cm³/mol. The molecule has 2 aromatic rings. The molecule has 0 amide bonds. The van der Waals surface area contributed by atoms with Gasteiger partial charge >= 0.3 is 0 Å². The molecule has 1 atom stereocenters. The Hall–Kier alpha value is -2.67. The van der Waals surface area contributed by atoms with Crippen molar-refractivity contribution in [1.82, 2.24) is 10.6 Å². The lowest BCUT2D eigenvalue weighted by Crippen LogP contribution is -2.37. The molecule has 1 heterocycles. The van der Waals surface area contributed by atoms with Gasteiger partial charge < -0.3 is 20.1 Å². The van der Waals surface area contributed by atoms with Crippen molar-refractivity contribution in [2.75, 3.05) is 26.4 Å². The highest BCUT2D eigenvalue weighted by Crippen LogP contribution is 2.22. The molecular formula is C23H29F2N3O2. The molecule has 1 fully saturated rings. The summed E-state index contributed by atoms with van der Waals surface area (Å²) in [6.45, 7) is 7.33. The maximum atomic E-state index is 13.9. The number of hydrogen-bond acceptors (Lipinski definition) is 3. The molecule has 162 valence electrons. The Labute approximate surface area is 176 Å². The first-order valence-corrected chi connectivity index (χ1v) is 10.3. The fourth-order valence-electron chi connectivity index (χ4n) is 3.21. The number of ether oxygens (including phenoxy) is 2. The van der Waals surface area contributed by atoms with Crippen LogP contribution in [0.2, 0.25) is 0 Å². The summed E-state index contributed by atoms with van der Waals surface area (Å²) in [5, 5.41) is 6.38. The van der Waals surface area contributed by atoms with Crippen molar-refractivity contribution in [2.24, 2.45) is 10.9 Å². The van der Waals surface area contributed by atoms with E-state index in [2.05, 4.69) is 15.6 Å². The summed E-state index contributed by atoms with van der Waals surface area (Å²) in [6, 6.07) is 9.47. The van der Waals surface area contributed by atoms with Crippen LogP contribution in [0.15, 0.2) is 41.4 Å². The van der Waals surface area contributed by atoms with Crippen LogP contribution in [0, 0.1) is 24.5 Å². The number of benzene rings is 2. The molecule has 3 rings (SSSR count). The zero-order valence-corrected chi connectivity index (χ0v) is 17.5. The largest absolute Gasteiger partial charge is 0.493 e. The van der Waals surface area contributed by atoms with Crippen LogP contribution in [0.4, 0.5) is 8.78 Å². The van der Waals surface area contributed by atoms with E-state index >= 15 is 0 Å². The van der Waals surface area contributed by atoms with Gasteiger partial charge in [0.05, 0.1) is 19.8 Å². The predicted octanol–water partition coefficient (Wildman–Crippen LogP) is 3.94. The number of guanidine groups is 1.